The lowest BCUT2D eigenvalue weighted by Gasteiger charge is -2.10. The van der Waals surface area contributed by atoms with Crippen molar-refractivity contribution in [3.63, 3.8) is 0 Å². The number of anilines is 1. The molecule has 3 aromatic carbocycles. The Kier molecular flexibility index (Phi) is 4.63. The van der Waals surface area contributed by atoms with Gasteiger partial charge < -0.3 is 5.32 Å². The number of halogens is 1. The Labute approximate surface area is 160 Å². The summed E-state index contributed by atoms with van der Waals surface area (Å²) in [5.41, 5.74) is 6.06. The van der Waals surface area contributed by atoms with Crippen molar-refractivity contribution in [2.24, 2.45) is 0 Å². The highest BCUT2D eigenvalue weighted by molar-refractivity contribution is 7.27. The van der Waals surface area contributed by atoms with Gasteiger partial charge in [-0.3, -0.25) is 0 Å². The zero-order valence-electron chi connectivity index (χ0n) is 15.3. The van der Waals surface area contributed by atoms with E-state index < -0.39 is 0 Å². The molecule has 0 spiro atoms. The van der Waals surface area contributed by atoms with Gasteiger partial charge in [0.25, 0.3) is 0 Å². The van der Waals surface area contributed by atoms with Crippen LogP contribution >= 0.6 is 9.24 Å². The molecule has 4 heteroatoms. The van der Waals surface area contributed by atoms with Crippen molar-refractivity contribution < 1.29 is 4.39 Å². The number of pyridine rings is 1. The minimum absolute atomic E-state index is 0.246. The predicted molar refractivity (Wildman–Crippen MR) is 116 cm³/mol. The summed E-state index contributed by atoms with van der Waals surface area (Å²) in [5.74, 6) is -0.246. The van der Waals surface area contributed by atoms with Crippen LogP contribution in [0, 0.1) is 12.7 Å². The van der Waals surface area contributed by atoms with Crippen LogP contribution in [0.2, 0.25) is 0 Å². The molecule has 1 unspecified atom stereocenters. The van der Waals surface area contributed by atoms with Crippen LogP contribution < -0.4 is 10.6 Å². The minimum Gasteiger partial charge on any atom is -0.388 e. The number of fused-ring (bicyclic) bond motifs is 1. The molecule has 2 nitrogen and oxygen atoms in total. The molecule has 0 bridgehead atoms. The third kappa shape index (κ3) is 3.43. The number of rotatable bonds is 3. The molecular formula is C23H20FN2P. The molecule has 1 atom stereocenters. The molecule has 0 amide bonds. The third-order valence-electron chi connectivity index (χ3n) is 4.79. The van der Waals surface area contributed by atoms with Gasteiger partial charge in [0.2, 0.25) is 0 Å². The topological polar surface area (TPSA) is 24.9 Å². The quantitative estimate of drug-likeness (QED) is 0.475. The Balaban J connectivity index is 1.75. The lowest BCUT2D eigenvalue weighted by atomic mass is 10.00. The summed E-state index contributed by atoms with van der Waals surface area (Å²) in [6, 6.07) is 21.2. The van der Waals surface area contributed by atoms with Gasteiger partial charge in [-0.2, -0.15) is 0 Å². The summed E-state index contributed by atoms with van der Waals surface area (Å²) in [5, 5.41) is 5.31. The van der Waals surface area contributed by atoms with E-state index in [1.54, 1.807) is 6.07 Å². The molecule has 0 aliphatic rings. The van der Waals surface area contributed by atoms with E-state index in [2.05, 4.69) is 27.5 Å². The maximum absolute atomic E-state index is 14.8. The van der Waals surface area contributed by atoms with E-state index in [1.807, 2.05) is 61.6 Å². The standard InChI is InChI=1S/C23H20FN2P/c1-14-11-23(26-22-10-8-18(27)13-20(14)22)16-5-9-19(21(24)12-16)15-3-6-17(25-2)7-4-15/h3-13,25H,27H2,1-2H3. The first-order valence-electron chi connectivity index (χ1n) is 8.80. The van der Waals surface area contributed by atoms with Gasteiger partial charge in [0, 0.05) is 29.2 Å². The van der Waals surface area contributed by atoms with Crippen LogP contribution in [-0.2, 0) is 0 Å². The first kappa shape index (κ1) is 17.6. The molecule has 134 valence electrons. The number of hydrogen-bond donors (Lipinski definition) is 1. The van der Waals surface area contributed by atoms with Crippen molar-refractivity contribution in [2.75, 3.05) is 12.4 Å². The molecule has 27 heavy (non-hydrogen) atoms. The molecule has 0 aliphatic heterocycles. The summed E-state index contributed by atoms with van der Waals surface area (Å²) in [4.78, 5) is 4.73. The van der Waals surface area contributed by atoms with Crippen LogP contribution in [0.15, 0.2) is 66.7 Å². The minimum atomic E-state index is -0.246. The fourth-order valence-electron chi connectivity index (χ4n) is 3.28. The molecular weight excluding hydrogens is 354 g/mol. The average molecular weight is 374 g/mol. The predicted octanol–water partition coefficient (Wildman–Crippen LogP) is 5.56. The Morgan fingerprint density at radius 2 is 1.63 bits per heavy atom. The molecule has 1 heterocycles. The van der Waals surface area contributed by atoms with Gasteiger partial charge in [0.1, 0.15) is 5.82 Å². The smallest absolute Gasteiger partial charge is 0.131 e. The van der Waals surface area contributed by atoms with E-state index in [1.165, 1.54) is 0 Å². The fraction of sp³-hybridized carbons (Fsp3) is 0.0870. The molecule has 0 aliphatic carbocycles. The maximum Gasteiger partial charge on any atom is 0.131 e. The van der Waals surface area contributed by atoms with E-state index in [4.69, 9.17) is 4.98 Å². The molecule has 0 saturated carbocycles. The Morgan fingerprint density at radius 1 is 0.889 bits per heavy atom. The van der Waals surface area contributed by atoms with E-state index in [0.717, 1.165) is 44.3 Å². The maximum atomic E-state index is 14.8. The van der Waals surface area contributed by atoms with Crippen LogP contribution in [0.5, 0.6) is 0 Å². The number of aromatic nitrogens is 1. The monoisotopic (exact) mass is 374 g/mol. The van der Waals surface area contributed by atoms with Gasteiger partial charge >= 0.3 is 0 Å². The highest BCUT2D eigenvalue weighted by Crippen LogP contribution is 2.30. The summed E-state index contributed by atoms with van der Waals surface area (Å²) >= 11 is 0. The summed E-state index contributed by atoms with van der Waals surface area (Å²) < 4.78 is 14.8. The molecule has 0 radical (unpaired) electrons. The van der Waals surface area contributed by atoms with E-state index in [-0.39, 0.29) is 5.82 Å². The zero-order valence-corrected chi connectivity index (χ0v) is 16.4. The lowest BCUT2D eigenvalue weighted by molar-refractivity contribution is 0.632. The van der Waals surface area contributed by atoms with Crippen molar-refractivity contribution in [1.82, 2.24) is 4.98 Å². The van der Waals surface area contributed by atoms with Gasteiger partial charge in [0.15, 0.2) is 0 Å². The van der Waals surface area contributed by atoms with E-state index >= 15 is 0 Å². The number of nitrogens with zero attached hydrogens (tertiary/aromatic N) is 1. The van der Waals surface area contributed by atoms with Crippen LogP contribution in [0.4, 0.5) is 10.1 Å². The Morgan fingerprint density at radius 3 is 2.33 bits per heavy atom. The number of nitrogens with one attached hydrogen (secondary N) is 1. The summed E-state index contributed by atoms with van der Waals surface area (Å²) in [6.45, 7) is 2.06. The fourth-order valence-corrected chi connectivity index (χ4v) is 3.55. The number of benzene rings is 3. The number of hydrogen-bond acceptors (Lipinski definition) is 2. The first-order chi connectivity index (χ1) is 13.0. The SMILES string of the molecule is CNc1ccc(-c2ccc(-c3cc(C)c4cc(P)ccc4n3)cc2F)cc1. The van der Waals surface area contributed by atoms with E-state index in [0.29, 0.717) is 5.56 Å². The van der Waals surface area contributed by atoms with Crippen LogP contribution in [-0.4, -0.2) is 12.0 Å². The van der Waals surface area contributed by atoms with Crippen molar-refractivity contribution >= 4 is 31.1 Å². The Bertz CT molecular complexity index is 1140. The third-order valence-corrected chi connectivity index (χ3v) is 5.15. The van der Waals surface area contributed by atoms with Gasteiger partial charge in [-0.05, 0) is 59.8 Å². The van der Waals surface area contributed by atoms with Gasteiger partial charge in [-0.15, -0.1) is 9.24 Å². The van der Waals surface area contributed by atoms with Gasteiger partial charge in [-0.25, -0.2) is 9.37 Å². The second-order valence-electron chi connectivity index (χ2n) is 6.62. The van der Waals surface area contributed by atoms with Crippen LogP contribution in [0.25, 0.3) is 33.3 Å². The molecule has 0 fully saturated rings. The normalized spacial score (nSPS) is 11.0. The highest BCUT2D eigenvalue weighted by Gasteiger charge is 2.10. The highest BCUT2D eigenvalue weighted by atomic mass is 31.0. The van der Waals surface area contributed by atoms with Crippen molar-refractivity contribution in [2.45, 2.75) is 6.92 Å². The summed E-state index contributed by atoms with van der Waals surface area (Å²) in [6.07, 6.45) is 0. The largest absolute Gasteiger partial charge is 0.388 e. The summed E-state index contributed by atoms with van der Waals surface area (Å²) in [7, 11) is 4.57. The molecule has 4 aromatic rings. The second kappa shape index (κ2) is 7.09. The van der Waals surface area contributed by atoms with Crippen molar-refractivity contribution in [1.29, 1.82) is 0 Å². The lowest BCUT2D eigenvalue weighted by Crippen LogP contribution is -1.95. The second-order valence-corrected chi connectivity index (χ2v) is 7.29. The zero-order chi connectivity index (χ0) is 19.0. The molecule has 1 aromatic heterocycles. The van der Waals surface area contributed by atoms with E-state index in [9.17, 15) is 4.39 Å². The molecule has 0 saturated heterocycles. The first-order valence-corrected chi connectivity index (χ1v) is 9.38. The molecule has 1 N–H and O–H groups in total. The van der Waals surface area contributed by atoms with Crippen molar-refractivity contribution in [3.05, 3.63) is 78.1 Å². The van der Waals surface area contributed by atoms with Crippen LogP contribution in [0.1, 0.15) is 5.56 Å². The van der Waals surface area contributed by atoms with Gasteiger partial charge in [-0.1, -0.05) is 30.3 Å². The average Bonchev–Trinajstić information content (AvgIpc) is 2.68. The van der Waals surface area contributed by atoms with Crippen molar-refractivity contribution in [3.8, 4) is 22.4 Å². The van der Waals surface area contributed by atoms with Gasteiger partial charge in [0.05, 0.1) is 11.2 Å². The molecule has 4 rings (SSSR count). The number of aryl methyl sites for hydroxylation is 1. The van der Waals surface area contributed by atoms with Crippen LogP contribution in [0.3, 0.4) is 0 Å². The Hall–Kier alpha value is -2.77.